The van der Waals surface area contributed by atoms with E-state index in [9.17, 15) is 9.90 Å². The normalized spacial score (nSPS) is 8.69. The molecular formula is C11H10O2. The second kappa shape index (κ2) is 4.32. The third kappa shape index (κ3) is 2.64. The molecule has 66 valence electrons. The van der Waals surface area contributed by atoms with Gasteiger partial charge >= 0.3 is 0 Å². The molecule has 0 amide bonds. The maximum atomic E-state index is 9.98. The average molecular weight is 174 g/mol. The molecule has 1 N–H and O–H groups in total. The molecule has 0 fully saturated rings. The van der Waals surface area contributed by atoms with Crippen LogP contribution in [0.25, 0.3) is 0 Å². The van der Waals surface area contributed by atoms with Gasteiger partial charge in [-0.25, -0.2) is 0 Å². The first-order chi connectivity index (χ1) is 6.24. The van der Waals surface area contributed by atoms with Crippen molar-refractivity contribution < 1.29 is 9.90 Å². The third-order valence-electron chi connectivity index (χ3n) is 1.56. The second-order valence-electron chi connectivity index (χ2n) is 2.69. The highest BCUT2D eigenvalue weighted by molar-refractivity contribution is 5.56. The molecule has 0 aliphatic carbocycles. The molecule has 0 saturated carbocycles. The molecule has 0 heterocycles. The number of aromatic hydroxyl groups is 1. The highest BCUT2D eigenvalue weighted by atomic mass is 16.3. The van der Waals surface area contributed by atoms with Gasteiger partial charge in [0.25, 0.3) is 0 Å². The van der Waals surface area contributed by atoms with Crippen LogP contribution >= 0.6 is 0 Å². The zero-order valence-corrected chi connectivity index (χ0v) is 7.37. The van der Waals surface area contributed by atoms with Crippen LogP contribution in [0.4, 0.5) is 0 Å². The van der Waals surface area contributed by atoms with E-state index in [1.807, 2.05) is 6.92 Å². The first-order valence-electron chi connectivity index (χ1n) is 3.96. The summed E-state index contributed by atoms with van der Waals surface area (Å²) in [4.78, 5) is 9.98. The Morgan fingerprint density at radius 1 is 1.54 bits per heavy atom. The van der Waals surface area contributed by atoms with Crippen LogP contribution in [0.3, 0.4) is 0 Å². The summed E-state index contributed by atoms with van der Waals surface area (Å²) in [6.07, 6.45) is 0.938. The average Bonchev–Trinajstić information content (AvgIpc) is 2.11. The zero-order valence-electron chi connectivity index (χ0n) is 7.37. The molecule has 1 aromatic rings. The highest BCUT2D eigenvalue weighted by Crippen LogP contribution is 2.16. The van der Waals surface area contributed by atoms with Gasteiger partial charge in [0.2, 0.25) is 0 Å². The van der Waals surface area contributed by atoms with E-state index in [1.54, 1.807) is 18.2 Å². The molecular weight excluding hydrogens is 164 g/mol. The van der Waals surface area contributed by atoms with E-state index in [0.717, 1.165) is 11.8 Å². The summed E-state index contributed by atoms with van der Waals surface area (Å²) in [5.74, 6) is 5.52. The molecule has 0 bridgehead atoms. The van der Waals surface area contributed by atoms with Crippen LogP contribution in [-0.4, -0.2) is 11.4 Å². The Hall–Kier alpha value is -1.75. The summed E-state index contributed by atoms with van der Waals surface area (Å²) in [5.41, 5.74) is 1.61. The van der Waals surface area contributed by atoms with E-state index in [-0.39, 0.29) is 12.2 Å². The van der Waals surface area contributed by atoms with Crippen LogP contribution in [-0.2, 0) is 4.79 Å². The standard InChI is InChI=1S/C11H10O2/c1-9-5-6-11(13)10(8-9)4-2-3-7-12/h5-8,13H,3H2,1H3. The Morgan fingerprint density at radius 3 is 3.00 bits per heavy atom. The number of hydrogen-bond donors (Lipinski definition) is 1. The summed E-state index contributed by atoms with van der Waals surface area (Å²) < 4.78 is 0. The van der Waals surface area contributed by atoms with E-state index in [4.69, 9.17) is 0 Å². The van der Waals surface area contributed by atoms with Crippen molar-refractivity contribution in [1.29, 1.82) is 0 Å². The first kappa shape index (κ1) is 9.34. The lowest BCUT2D eigenvalue weighted by molar-refractivity contribution is -0.107. The fraction of sp³-hybridized carbons (Fsp3) is 0.182. The number of carbonyl (C=O) groups is 1. The molecule has 0 spiro atoms. The number of phenolic OH excluding ortho intramolecular Hbond substituents is 1. The summed E-state index contributed by atoms with van der Waals surface area (Å²) in [6.45, 7) is 1.92. The van der Waals surface area contributed by atoms with Gasteiger partial charge in [0, 0.05) is 0 Å². The quantitative estimate of drug-likeness (QED) is 0.519. The number of aldehydes is 1. The Morgan fingerprint density at radius 2 is 2.31 bits per heavy atom. The van der Waals surface area contributed by atoms with Crippen molar-refractivity contribution >= 4 is 6.29 Å². The maximum absolute atomic E-state index is 9.98. The van der Waals surface area contributed by atoms with Gasteiger partial charge in [-0.1, -0.05) is 17.9 Å². The monoisotopic (exact) mass is 174 g/mol. The molecule has 1 rings (SSSR count). The van der Waals surface area contributed by atoms with Crippen molar-refractivity contribution in [3.63, 3.8) is 0 Å². The first-order valence-corrected chi connectivity index (χ1v) is 3.96. The summed E-state index contributed by atoms with van der Waals surface area (Å²) in [6, 6.07) is 5.19. The highest BCUT2D eigenvalue weighted by Gasteiger charge is 1.95. The van der Waals surface area contributed by atoms with Crippen LogP contribution in [0.15, 0.2) is 18.2 Å². The largest absolute Gasteiger partial charge is 0.507 e. The van der Waals surface area contributed by atoms with Gasteiger partial charge in [-0.2, -0.15) is 0 Å². The van der Waals surface area contributed by atoms with E-state index >= 15 is 0 Å². The predicted octanol–water partition coefficient (Wildman–Crippen LogP) is 1.64. The van der Waals surface area contributed by atoms with Crippen LogP contribution < -0.4 is 0 Å². The van der Waals surface area contributed by atoms with Crippen molar-refractivity contribution in [2.24, 2.45) is 0 Å². The Balaban J connectivity index is 2.95. The van der Waals surface area contributed by atoms with E-state index < -0.39 is 0 Å². The fourth-order valence-corrected chi connectivity index (χ4v) is 0.938. The zero-order chi connectivity index (χ0) is 9.68. The van der Waals surface area contributed by atoms with Crippen molar-refractivity contribution in [3.05, 3.63) is 29.3 Å². The van der Waals surface area contributed by atoms with Gasteiger partial charge in [-0.15, -0.1) is 0 Å². The van der Waals surface area contributed by atoms with Gasteiger partial charge in [0.15, 0.2) is 0 Å². The van der Waals surface area contributed by atoms with E-state index in [0.29, 0.717) is 5.56 Å². The molecule has 0 atom stereocenters. The van der Waals surface area contributed by atoms with Gasteiger partial charge in [0.05, 0.1) is 12.0 Å². The third-order valence-corrected chi connectivity index (χ3v) is 1.56. The predicted molar refractivity (Wildman–Crippen MR) is 50.4 cm³/mol. The SMILES string of the molecule is Cc1ccc(O)c(C#CCC=O)c1. The van der Waals surface area contributed by atoms with Gasteiger partial charge in [-0.05, 0) is 24.6 Å². The number of hydrogen-bond acceptors (Lipinski definition) is 2. The molecule has 0 aliphatic rings. The molecule has 2 nitrogen and oxygen atoms in total. The lowest BCUT2D eigenvalue weighted by atomic mass is 10.1. The molecule has 0 unspecified atom stereocenters. The van der Waals surface area contributed by atoms with Crippen LogP contribution in [0, 0.1) is 18.8 Å². The van der Waals surface area contributed by atoms with Crippen molar-refractivity contribution in [3.8, 4) is 17.6 Å². The Bertz CT molecular complexity index is 369. The molecule has 0 aromatic heterocycles. The molecule has 0 aliphatic heterocycles. The van der Waals surface area contributed by atoms with Gasteiger partial charge < -0.3 is 9.90 Å². The smallest absolute Gasteiger partial charge is 0.131 e. The number of phenols is 1. The van der Waals surface area contributed by atoms with E-state index in [2.05, 4.69) is 11.8 Å². The van der Waals surface area contributed by atoms with Gasteiger partial charge in [-0.3, -0.25) is 0 Å². The second-order valence-corrected chi connectivity index (χ2v) is 2.69. The molecule has 13 heavy (non-hydrogen) atoms. The van der Waals surface area contributed by atoms with Crippen LogP contribution in [0.2, 0.25) is 0 Å². The fourth-order valence-electron chi connectivity index (χ4n) is 0.938. The van der Waals surface area contributed by atoms with E-state index in [1.165, 1.54) is 0 Å². The summed E-state index contributed by atoms with van der Waals surface area (Å²) in [7, 11) is 0. The van der Waals surface area contributed by atoms with Crippen molar-refractivity contribution in [1.82, 2.24) is 0 Å². The summed E-state index contributed by atoms with van der Waals surface area (Å²) >= 11 is 0. The number of benzene rings is 1. The minimum Gasteiger partial charge on any atom is -0.507 e. The number of aryl methyl sites for hydroxylation is 1. The molecule has 0 radical (unpaired) electrons. The van der Waals surface area contributed by atoms with Crippen molar-refractivity contribution in [2.45, 2.75) is 13.3 Å². The molecule has 0 saturated heterocycles. The lowest BCUT2D eigenvalue weighted by Gasteiger charge is -1.97. The topological polar surface area (TPSA) is 37.3 Å². The van der Waals surface area contributed by atoms with Gasteiger partial charge in [0.1, 0.15) is 12.0 Å². The number of rotatable bonds is 1. The van der Waals surface area contributed by atoms with Crippen LogP contribution in [0.1, 0.15) is 17.5 Å². The Labute approximate surface area is 77.2 Å². The number of carbonyl (C=O) groups excluding carboxylic acids is 1. The van der Waals surface area contributed by atoms with Crippen molar-refractivity contribution in [2.75, 3.05) is 0 Å². The molecule has 1 aromatic carbocycles. The van der Waals surface area contributed by atoms with Crippen LogP contribution in [0.5, 0.6) is 5.75 Å². The minimum atomic E-state index is 0.156. The summed E-state index contributed by atoms with van der Waals surface area (Å²) in [5, 5.41) is 9.34. The minimum absolute atomic E-state index is 0.156. The molecule has 2 heteroatoms. The Kier molecular flexibility index (Phi) is 3.10. The lowest BCUT2D eigenvalue weighted by Crippen LogP contribution is -1.79. The maximum Gasteiger partial charge on any atom is 0.131 e.